The van der Waals surface area contributed by atoms with Crippen LogP contribution in [0.2, 0.25) is 0 Å². The van der Waals surface area contributed by atoms with Gasteiger partial charge in [0.25, 0.3) is 5.92 Å². The van der Waals surface area contributed by atoms with Crippen molar-refractivity contribution in [2.45, 2.75) is 37.6 Å². The summed E-state index contributed by atoms with van der Waals surface area (Å²) in [5.41, 5.74) is 0. The standard InChI is InChI=1S/C17H17F5N2O4/c18-16(19)8-11(24-7-1-2-14(24)25)9-23(10-16)15(26)27-12-3-5-13(6-4-12)28-17(20,21)22/h3-6,11H,1-2,7-10H2. The highest BCUT2D eigenvalue weighted by Crippen LogP contribution is 2.32. The number of carbonyl (C=O) groups is 2. The Balaban J connectivity index is 1.65. The zero-order chi connectivity index (χ0) is 20.5. The molecule has 0 radical (unpaired) electrons. The van der Waals surface area contributed by atoms with Gasteiger partial charge in [-0.2, -0.15) is 0 Å². The van der Waals surface area contributed by atoms with Crippen LogP contribution in [-0.2, 0) is 4.79 Å². The molecule has 0 aromatic heterocycles. The molecule has 1 atom stereocenters. The van der Waals surface area contributed by atoms with Gasteiger partial charge in [-0.3, -0.25) is 9.69 Å². The molecule has 2 saturated heterocycles. The monoisotopic (exact) mass is 408 g/mol. The average Bonchev–Trinajstić information content (AvgIpc) is 3.00. The van der Waals surface area contributed by atoms with Crippen molar-refractivity contribution in [2.75, 3.05) is 19.6 Å². The number of hydrogen-bond acceptors (Lipinski definition) is 4. The van der Waals surface area contributed by atoms with E-state index in [0.717, 1.165) is 29.2 Å². The Morgan fingerprint density at radius 2 is 1.79 bits per heavy atom. The molecule has 2 aliphatic rings. The fraction of sp³-hybridized carbons (Fsp3) is 0.529. The van der Waals surface area contributed by atoms with Gasteiger partial charge in [0.1, 0.15) is 11.5 Å². The minimum atomic E-state index is -4.86. The normalized spacial score (nSPS) is 22.3. The van der Waals surface area contributed by atoms with Gasteiger partial charge >= 0.3 is 12.5 Å². The largest absolute Gasteiger partial charge is 0.573 e. The number of likely N-dealkylation sites (tertiary alicyclic amines) is 2. The van der Waals surface area contributed by atoms with Crippen molar-refractivity contribution < 1.29 is 41.0 Å². The van der Waals surface area contributed by atoms with E-state index >= 15 is 0 Å². The van der Waals surface area contributed by atoms with Gasteiger partial charge in [-0.15, -0.1) is 13.2 Å². The highest BCUT2D eigenvalue weighted by atomic mass is 19.4. The van der Waals surface area contributed by atoms with E-state index in [2.05, 4.69) is 4.74 Å². The van der Waals surface area contributed by atoms with Gasteiger partial charge in [-0.25, -0.2) is 13.6 Å². The van der Waals surface area contributed by atoms with Crippen LogP contribution < -0.4 is 9.47 Å². The third-order valence-corrected chi connectivity index (χ3v) is 4.46. The van der Waals surface area contributed by atoms with E-state index < -0.39 is 43.1 Å². The van der Waals surface area contributed by atoms with Crippen molar-refractivity contribution >= 4 is 12.0 Å². The van der Waals surface area contributed by atoms with Crippen LogP contribution >= 0.6 is 0 Å². The van der Waals surface area contributed by atoms with Crippen molar-refractivity contribution in [3.8, 4) is 11.5 Å². The second-order valence-corrected chi connectivity index (χ2v) is 6.67. The van der Waals surface area contributed by atoms with Gasteiger partial charge in [0.05, 0.1) is 12.6 Å². The summed E-state index contributed by atoms with van der Waals surface area (Å²) in [7, 11) is 0. The molecule has 0 N–H and O–H groups in total. The Bertz CT molecular complexity index is 738. The van der Waals surface area contributed by atoms with Crippen molar-refractivity contribution in [1.29, 1.82) is 0 Å². The van der Waals surface area contributed by atoms with Crippen LogP contribution in [0.4, 0.5) is 26.7 Å². The maximum absolute atomic E-state index is 14.1. The number of hydrogen-bond donors (Lipinski definition) is 0. The quantitative estimate of drug-likeness (QED) is 0.720. The summed E-state index contributed by atoms with van der Waals surface area (Å²) < 4.78 is 73.3. The molecule has 0 bridgehead atoms. The van der Waals surface area contributed by atoms with Gasteiger partial charge in [-0.1, -0.05) is 0 Å². The molecule has 0 saturated carbocycles. The van der Waals surface area contributed by atoms with Crippen LogP contribution in [0.1, 0.15) is 19.3 Å². The lowest BCUT2D eigenvalue weighted by Gasteiger charge is -2.40. The molecule has 1 aromatic rings. The van der Waals surface area contributed by atoms with E-state index in [9.17, 15) is 31.5 Å². The summed E-state index contributed by atoms with van der Waals surface area (Å²) in [6.07, 6.45) is -5.59. The number of piperidine rings is 1. The minimum absolute atomic E-state index is 0.102. The molecular weight excluding hydrogens is 391 g/mol. The molecule has 0 spiro atoms. The van der Waals surface area contributed by atoms with Gasteiger partial charge in [-0.05, 0) is 30.7 Å². The van der Waals surface area contributed by atoms with E-state index in [-0.39, 0.29) is 18.2 Å². The number of rotatable bonds is 3. The van der Waals surface area contributed by atoms with Gasteiger partial charge in [0, 0.05) is 25.9 Å². The third-order valence-electron chi connectivity index (χ3n) is 4.46. The van der Waals surface area contributed by atoms with Crippen molar-refractivity contribution in [3.63, 3.8) is 0 Å². The number of alkyl halides is 5. The number of ether oxygens (including phenoxy) is 2. The number of benzene rings is 1. The molecule has 2 amide bonds. The Kier molecular flexibility index (Phi) is 5.35. The molecule has 6 nitrogen and oxygen atoms in total. The third kappa shape index (κ3) is 5.02. The lowest BCUT2D eigenvalue weighted by Crippen LogP contribution is -2.57. The highest BCUT2D eigenvalue weighted by molar-refractivity contribution is 5.78. The molecule has 3 rings (SSSR count). The highest BCUT2D eigenvalue weighted by Gasteiger charge is 2.46. The predicted octanol–water partition coefficient (Wildman–Crippen LogP) is 3.42. The molecule has 0 aliphatic carbocycles. The predicted molar refractivity (Wildman–Crippen MR) is 85.0 cm³/mol. The lowest BCUT2D eigenvalue weighted by molar-refractivity contribution is -0.274. The summed E-state index contributed by atoms with van der Waals surface area (Å²) in [4.78, 5) is 26.3. The van der Waals surface area contributed by atoms with Crippen LogP contribution in [0.5, 0.6) is 11.5 Å². The van der Waals surface area contributed by atoms with Crippen LogP contribution in [0.25, 0.3) is 0 Å². The first-order valence-corrected chi connectivity index (χ1v) is 8.52. The van der Waals surface area contributed by atoms with E-state index in [4.69, 9.17) is 4.74 Å². The second-order valence-electron chi connectivity index (χ2n) is 6.67. The van der Waals surface area contributed by atoms with Crippen LogP contribution in [0.15, 0.2) is 24.3 Å². The fourth-order valence-electron chi connectivity index (χ4n) is 3.35. The zero-order valence-corrected chi connectivity index (χ0v) is 14.5. The maximum Gasteiger partial charge on any atom is 0.573 e. The zero-order valence-electron chi connectivity index (χ0n) is 14.5. The molecule has 11 heteroatoms. The summed E-state index contributed by atoms with van der Waals surface area (Å²) in [6.45, 7) is -0.599. The van der Waals surface area contributed by atoms with Gasteiger partial charge < -0.3 is 14.4 Å². The Morgan fingerprint density at radius 3 is 2.36 bits per heavy atom. The number of amides is 2. The van der Waals surface area contributed by atoms with Gasteiger partial charge in [0.15, 0.2) is 0 Å². The number of nitrogens with zero attached hydrogens (tertiary/aromatic N) is 2. The first-order valence-electron chi connectivity index (χ1n) is 8.52. The molecular formula is C17H17F5N2O4. The van der Waals surface area contributed by atoms with Crippen LogP contribution in [-0.4, -0.2) is 59.8 Å². The first kappa shape index (κ1) is 20.2. The van der Waals surface area contributed by atoms with E-state index in [1.165, 1.54) is 4.90 Å². The summed E-state index contributed by atoms with van der Waals surface area (Å²) >= 11 is 0. The Labute approximate surface area is 156 Å². The fourth-order valence-corrected chi connectivity index (χ4v) is 3.35. The molecule has 1 unspecified atom stereocenters. The van der Waals surface area contributed by atoms with Crippen LogP contribution in [0, 0.1) is 0 Å². The van der Waals surface area contributed by atoms with Gasteiger partial charge in [0.2, 0.25) is 5.91 Å². The van der Waals surface area contributed by atoms with Crippen molar-refractivity contribution in [2.24, 2.45) is 0 Å². The molecule has 28 heavy (non-hydrogen) atoms. The maximum atomic E-state index is 14.1. The van der Waals surface area contributed by atoms with Crippen LogP contribution in [0.3, 0.4) is 0 Å². The van der Waals surface area contributed by atoms with E-state index in [1.807, 2.05) is 0 Å². The average molecular weight is 408 g/mol. The van der Waals surface area contributed by atoms with E-state index in [0.29, 0.717) is 19.4 Å². The molecule has 2 heterocycles. The molecule has 1 aromatic carbocycles. The number of halogens is 5. The number of carbonyl (C=O) groups excluding carboxylic acids is 2. The van der Waals surface area contributed by atoms with Crippen molar-refractivity contribution in [1.82, 2.24) is 9.80 Å². The summed E-state index contributed by atoms with van der Waals surface area (Å²) in [5.74, 6) is -4.04. The summed E-state index contributed by atoms with van der Waals surface area (Å²) in [5, 5.41) is 0. The Morgan fingerprint density at radius 1 is 1.14 bits per heavy atom. The Hall–Kier alpha value is -2.59. The first-order chi connectivity index (χ1) is 13.0. The summed E-state index contributed by atoms with van der Waals surface area (Å²) in [6, 6.07) is 3.18. The van der Waals surface area contributed by atoms with E-state index in [1.54, 1.807) is 0 Å². The lowest BCUT2D eigenvalue weighted by atomic mass is 10.0. The molecule has 2 aliphatic heterocycles. The minimum Gasteiger partial charge on any atom is -0.410 e. The second kappa shape index (κ2) is 7.44. The SMILES string of the molecule is O=C(Oc1ccc(OC(F)(F)F)cc1)N1CC(N2CCCC2=O)CC(F)(F)C1. The molecule has 154 valence electrons. The smallest absolute Gasteiger partial charge is 0.410 e. The topological polar surface area (TPSA) is 59.1 Å². The molecule has 2 fully saturated rings. The van der Waals surface area contributed by atoms with Crippen molar-refractivity contribution in [3.05, 3.63) is 24.3 Å².